The number of amides is 1. The average molecular weight is 564 g/mol. The summed E-state index contributed by atoms with van der Waals surface area (Å²) in [6.45, 7) is 3.91. The lowest BCUT2D eigenvalue weighted by atomic mass is 10.2. The molecule has 1 N–H and O–H groups in total. The fourth-order valence-electron chi connectivity index (χ4n) is 3.45. The molecule has 0 radical (unpaired) electrons. The smallest absolute Gasteiger partial charge is 0.265 e. The number of hydrogen-bond acceptors (Lipinski definition) is 4. The van der Waals surface area contributed by atoms with E-state index in [0.717, 1.165) is 20.1 Å². The molecule has 0 aliphatic carbocycles. The SMILES string of the molecule is CCN(c1ccc2sc(C(=O)Nc3cccc(Cl)c3C)cc2c1)S(=O)(=O)c1ccc(Br)cc1. The molecule has 0 bridgehead atoms. The molecule has 5 nitrogen and oxygen atoms in total. The van der Waals surface area contributed by atoms with E-state index in [-0.39, 0.29) is 17.3 Å². The molecule has 0 atom stereocenters. The lowest BCUT2D eigenvalue weighted by molar-refractivity contribution is 0.103. The van der Waals surface area contributed by atoms with E-state index < -0.39 is 10.0 Å². The van der Waals surface area contributed by atoms with E-state index in [1.54, 1.807) is 67.6 Å². The second kappa shape index (κ2) is 9.46. The second-order valence-corrected chi connectivity index (χ2v) is 11.6. The first kappa shape index (κ1) is 23.8. The number of thiophene rings is 1. The van der Waals surface area contributed by atoms with Crippen LogP contribution in [0, 0.1) is 6.92 Å². The molecule has 4 aromatic rings. The van der Waals surface area contributed by atoms with Crippen LogP contribution in [-0.4, -0.2) is 20.9 Å². The van der Waals surface area contributed by atoms with E-state index in [1.807, 2.05) is 13.0 Å². The van der Waals surface area contributed by atoms with Gasteiger partial charge in [0.2, 0.25) is 0 Å². The van der Waals surface area contributed by atoms with Crippen LogP contribution < -0.4 is 9.62 Å². The van der Waals surface area contributed by atoms with Crippen molar-refractivity contribution in [2.45, 2.75) is 18.7 Å². The standard InChI is InChI=1S/C24H20BrClN2O3S2/c1-3-28(33(30,31)19-10-7-17(25)8-11-19)18-9-12-22-16(13-18)14-23(32-22)24(29)27-21-6-4-5-20(26)15(21)2/h4-14H,3H2,1-2H3,(H,27,29). The van der Waals surface area contributed by atoms with Crippen LogP contribution in [0.4, 0.5) is 11.4 Å². The van der Waals surface area contributed by atoms with Crippen molar-refractivity contribution in [2.24, 2.45) is 0 Å². The van der Waals surface area contributed by atoms with Crippen molar-refractivity contribution >= 4 is 76.3 Å². The van der Waals surface area contributed by atoms with Gasteiger partial charge in [-0.05, 0) is 85.5 Å². The number of nitrogens with one attached hydrogen (secondary N) is 1. The number of sulfonamides is 1. The lowest BCUT2D eigenvalue weighted by Crippen LogP contribution is -2.30. The van der Waals surface area contributed by atoms with E-state index in [1.165, 1.54) is 15.6 Å². The zero-order valence-electron chi connectivity index (χ0n) is 17.8. The van der Waals surface area contributed by atoms with Gasteiger partial charge in [0.15, 0.2) is 0 Å². The van der Waals surface area contributed by atoms with Crippen molar-refractivity contribution < 1.29 is 13.2 Å². The number of rotatable bonds is 6. The van der Waals surface area contributed by atoms with Crippen LogP contribution in [0.25, 0.3) is 10.1 Å². The van der Waals surface area contributed by atoms with Gasteiger partial charge in [0.05, 0.1) is 15.5 Å². The first-order valence-corrected chi connectivity index (χ1v) is 13.5. The average Bonchev–Trinajstić information content (AvgIpc) is 3.21. The van der Waals surface area contributed by atoms with Crippen molar-refractivity contribution in [3.8, 4) is 0 Å². The van der Waals surface area contributed by atoms with Gasteiger partial charge in [-0.2, -0.15) is 0 Å². The van der Waals surface area contributed by atoms with Gasteiger partial charge in [-0.1, -0.05) is 33.6 Å². The minimum atomic E-state index is -3.72. The molecule has 3 aromatic carbocycles. The van der Waals surface area contributed by atoms with Gasteiger partial charge in [-0.15, -0.1) is 11.3 Å². The Bertz CT molecular complexity index is 1450. The number of halogens is 2. The maximum Gasteiger partial charge on any atom is 0.265 e. The molecule has 0 fully saturated rings. The molecule has 1 heterocycles. The summed E-state index contributed by atoms with van der Waals surface area (Å²) in [6, 6.07) is 19.1. The summed E-state index contributed by atoms with van der Waals surface area (Å²) in [5, 5.41) is 4.29. The van der Waals surface area contributed by atoms with E-state index in [9.17, 15) is 13.2 Å². The Kier molecular flexibility index (Phi) is 6.81. The number of anilines is 2. The quantitative estimate of drug-likeness (QED) is 0.272. The number of fused-ring (bicyclic) bond motifs is 1. The third kappa shape index (κ3) is 4.80. The summed E-state index contributed by atoms with van der Waals surface area (Å²) in [7, 11) is -3.72. The highest BCUT2D eigenvalue weighted by Crippen LogP contribution is 2.33. The predicted molar refractivity (Wildman–Crippen MR) is 140 cm³/mol. The topological polar surface area (TPSA) is 66.5 Å². The predicted octanol–water partition coefficient (Wildman–Crippen LogP) is 7.09. The number of hydrogen-bond donors (Lipinski definition) is 1. The molecule has 0 spiro atoms. The molecule has 33 heavy (non-hydrogen) atoms. The van der Waals surface area contributed by atoms with E-state index >= 15 is 0 Å². The molecule has 4 rings (SSSR count). The molecule has 170 valence electrons. The molecular formula is C24H20BrClN2O3S2. The van der Waals surface area contributed by atoms with Crippen LogP contribution >= 0.6 is 38.9 Å². The summed E-state index contributed by atoms with van der Waals surface area (Å²) in [5.41, 5.74) is 2.00. The van der Waals surface area contributed by atoms with Crippen LogP contribution in [-0.2, 0) is 10.0 Å². The Labute approximate surface area is 210 Å². The zero-order chi connectivity index (χ0) is 23.8. The fourth-order valence-corrected chi connectivity index (χ4v) is 6.29. The lowest BCUT2D eigenvalue weighted by Gasteiger charge is -2.23. The molecule has 0 aliphatic heterocycles. The van der Waals surface area contributed by atoms with Gasteiger partial charge in [0.1, 0.15) is 0 Å². The highest BCUT2D eigenvalue weighted by atomic mass is 79.9. The second-order valence-electron chi connectivity index (χ2n) is 7.32. The first-order chi connectivity index (χ1) is 15.7. The minimum Gasteiger partial charge on any atom is -0.321 e. The largest absolute Gasteiger partial charge is 0.321 e. The summed E-state index contributed by atoms with van der Waals surface area (Å²) in [6.07, 6.45) is 0. The van der Waals surface area contributed by atoms with Crippen LogP contribution in [0.15, 0.2) is 76.1 Å². The van der Waals surface area contributed by atoms with E-state index in [4.69, 9.17) is 11.6 Å². The Morgan fingerprint density at radius 2 is 1.82 bits per heavy atom. The van der Waals surface area contributed by atoms with Gasteiger partial charge in [-0.25, -0.2) is 8.42 Å². The van der Waals surface area contributed by atoms with Gasteiger partial charge in [0, 0.05) is 26.4 Å². The Morgan fingerprint density at radius 3 is 2.52 bits per heavy atom. The summed E-state index contributed by atoms with van der Waals surface area (Å²) in [5.74, 6) is -0.238. The van der Waals surface area contributed by atoms with E-state index in [0.29, 0.717) is 21.3 Å². The number of nitrogens with zero attached hydrogens (tertiary/aromatic N) is 1. The van der Waals surface area contributed by atoms with Crippen molar-refractivity contribution in [2.75, 3.05) is 16.2 Å². The Morgan fingerprint density at radius 1 is 1.09 bits per heavy atom. The zero-order valence-corrected chi connectivity index (χ0v) is 21.8. The van der Waals surface area contributed by atoms with E-state index in [2.05, 4.69) is 21.2 Å². The summed E-state index contributed by atoms with van der Waals surface area (Å²) < 4.78 is 29.5. The fraction of sp³-hybridized carbons (Fsp3) is 0.125. The summed E-state index contributed by atoms with van der Waals surface area (Å²) in [4.78, 5) is 13.6. The van der Waals surface area contributed by atoms with Gasteiger partial charge < -0.3 is 5.32 Å². The first-order valence-electron chi connectivity index (χ1n) is 10.1. The molecule has 0 saturated carbocycles. The normalized spacial score (nSPS) is 11.5. The van der Waals surface area contributed by atoms with Gasteiger partial charge >= 0.3 is 0 Å². The maximum atomic E-state index is 13.2. The molecule has 9 heteroatoms. The molecule has 1 aromatic heterocycles. The molecule has 0 saturated heterocycles. The molecule has 1 amide bonds. The van der Waals surface area contributed by atoms with Crippen LogP contribution in [0.2, 0.25) is 5.02 Å². The Balaban J connectivity index is 1.65. The van der Waals surface area contributed by atoms with Crippen molar-refractivity contribution in [3.05, 3.63) is 86.7 Å². The van der Waals surface area contributed by atoms with Crippen LogP contribution in [0.1, 0.15) is 22.2 Å². The van der Waals surface area contributed by atoms with Crippen molar-refractivity contribution in [3.63, 3.8) is 0 Å². The van der Waals surface area contributed by atoms with Crippen LogP contribution in [0.5, 0.6) is 0 Å². The van der Waals surface area contributed by atoms with Gasteiger partial charge in [-0.3, -0.25) is 9.10 Å². The minimum absolute atomic E-state index is 0.218. The third-order valence-corrected chi connectivity index (χ3v) is 9.19. The summed E-state index contributed by atoms with van der Waals surface area (Å²) >= 11 is 10.8. The van der Waals surface area contributed by atoms with Gasteiger partial charge in [0.25, 0.3) is 15.9 Å². The number of carbonyl (C=O) groups is 1. The van der Waals surface area contributed by atoms with Crippen molar-refractivity contribution in [1.82, 2.24) is 0 Å². The Hall–Kier alpha value is -2.39. The van der Waals surface area contributed by atoms with Crippen molar-refractivity contribution in [1.29, 1.82) is 0 Å². The maximum absolute atomic E-state index is 13.2. The number of carbonyl (C=O) groups excluding carboxylic acids is 1. The number of benzene rings is 3. The molecular weight excluding hydrogens is 544 g/mol. The third-order valence-electron chi connectivity index (χ3n) is 5.22. The monoisotopic (exact) mass is 562 g/mol. The highest BCUT2D eigenvalue weighted by Gasteiger charge is 2.24. The van der Waals surface area contributed by atoms with Crippen LogP contribution in [0.3, 0.4) is 0 Å². The molecule has 0 aliphatic rings. The highest BCUT2D eigenvalue weighted by molar-refractivity contribution is 9.10. The molecule has 0 unspecified atom stereocenters.